The van der Waals surface area contributed by atoms with Crippen molar-refractivity contribution in [3.8, 4) is 11.4 Å². The van der Waals surface area contributed by atoms with E-state index >= 15 is 0 Å². The molecule has 4 aromatic rings. The van der Waals surface area contributed by atoms with E-state index in [1.54, 1.807) is 42.5 Å². The predicted molar refractivity (Wildman–Crippen MR) is 137 cm³/mol. The van der Waals surface area contributed by atoms with Crippen LogP contribution in [-0.4, -0.2) is 55.5 Å². The summed E-state index contributed by atoms with van der Waals surface area (Å²) in [5, 5.41) is 30.5. The van der Waals surface area contributed by atoms with Crippen LogP contribution in [0.15, 0.2) is 72.8 Å². The highest BCUT2D eigenvalue weighted by Crippen LogP contribution is 2.27. The van der Waals surface area contributed by atoms with Gasteiger partial charge in [0.25, 0.3) is 0 Å². The molecule has 4 rings (SSSR count). The van der Waals surface area contributed by atoms with E-state index in [2.05, 4.69) is 36.6 Å². The van der Waals surface area contributed by atoms with Crippen LogP contribution in [0.2, 0.25) is 5.02 Å². The standard InChI is InChI=1S/C25H20ClN7O5/c26-16-8-11-18(21-30-32-33-31-21)19(13-16)28-23(35)24(36)29-20(12-14-4-2-1-3-5-14)22(34)27-17-9-6-15(7-10-17)25(37)38/h1-11,13,20H,12H2,(H,27,34)(H,28,35)(H,29,36)(H,37,38)(H,30,31,32,33). The van der Waals surface area contributed by atoms with E-state index in [0.29, 0.717) is 16.3 Å². The van der Waals surface area contributed by atoms with Crippen molar-refractivity contribution in [3.05, 3.63) is 88.9 Å². The van der Waals surface area contributed by atoms with Crippen LogP contribution >= 0.6 is 11.6 Å². The maximum atomic E-state index is 13.1. The summed E-state index contributed by atoms with van der Waals surface area (Å²) in [5.74, 6) is -3.65. The first-order valence-electron chi connectivity index (χ1n) is 11.1. The van der Waals surface area contributed by atoms with E-state index in [-0.39, 0.29) is 23.5 Å². The number of hydrogen-bond donors (Lipinski definition) is 5. The maximum absolute atomic E-state index is 13.1. The molecular weight excluding hydrogens is 514 g/mol. The Morgan fingerprint density at radius 1 is 0.921 bits per heavy atom. The van der Waals surface area contributed by atoms with E-state index < -0.39 is 29.7 Å². The highest BCUT2D eigenvalue weighted by molar-refractivity contribution is 6.40. The van der Waals surface area contributed by atoms with Crippen molar-refractivity contribution in [2.45, 2.75) is 12.5 Å². The molecule has 0 spiro atoms. The van der Waals surface area contributed by atoms with Gasteiger partial charge in [-0.15, -0.1) is 10.2 Å². The molecule has 0 fully saturated rings. The molecule has 192 valence electrons. The van der Waals surface area contributed by atoms with E-state index in [4.69, 9.17) is 16.7 Å². The molecule has 0 saturated carbocycles. The zero-order valence-electron chi connectivity index (χ0n) is 19.5. The Morgan fingerprint density at radius 3 is 2.32 bits per heavy atom. The molecule has 5 N–H and O–H groups in total. The second kappa shape index (κ2) is 11.8. The first-order chi connectivity index (χ1) is 18.3. The minimum Gasteiger partial charge on any atom is -0.478 e. The van der Waals surface area contributed by atoms with Gasteiger partial charge in [0.05, 0.1) is 11.3 Å². The zero-order chi connectivity index (χ0) is 27.1. The van der Waals surface area contributed by atoms with Crippen molar-refractivity contribution in [1.29, 1.82) is 0 Å². The van der Waals surface area contributed by atoms with Crippen LogP contribution in [0.25, 0.3) is 11.4 Å². The number of halogens is 1. The molecule has 1 unspecified atom stereocenters. The lowest BCUT2D eigenvalue weighted by Gasteiger charge is -2.19. The number of aromatic nitrogens is 4. The number of nitrogens with zero attached hydrogens (tertiary/aromatic N) is 3. The van der Waals surface area contributed by atoms with Gasteiger partial charge < -0.3 is 21.1 Å². The zero-order valence-corrected chi connectivity index (χ0v) is 20.3. The fraction of sp³-hybridized carbons (Fsp3) is 0.0800. The van der Waals surface area contributed by atoms with E-state index in [0.717, 1.165) is 5.56 Å². The summed E-state index contributed by atoms with van der Waals surface area (Å²) in [6, 6.07) is 17.8. The Morgan fingerprint density at radius 2 is 1.66 bits per heavy atom. The molecule has 0 aliphatic carbocycles. The molecule has 1 aromatic heterocycles. The Bertz CT molecular complexity index is 1460. The number of carbonyl (C=O) groups excluding carboxylic acids is 3. The summed E-state index contributed by atoms with van der Waals surface area (Å²) in [5.41, 5.74) is 1.65. The number of amides is 3. The molecule has 0 aliphatic rings. The quantitative estimate of drug-likeness (QED) is 0.214. The topological polar surface area (TPSA) is 179 Å². The van der Waals surface area contributed by atoms with Crippen LogP contribution in [0.5, 0.6) is 0 Å². The normalized spacial score (nSPS) is 11.3. The molecule has 0 aliphatic heterocycles. The third-order valence-corrected chi connectivity index (χ3v) is 5.56. The Balaban J connectivity index is 1.50. The number of carboxylic acids is 1. The molecule has 13 heteroatoms. The van der Waals surface area contributed by atoms with E-state index in [1.807, 2.05) is 0 Å². The lowest BCUT2D eigenvalue weighted by atomic mass is 10.0. The monoisotopic (exact) mass is 533 g/mol. The minimum absolute atomic E-state index is 0.0509. The minimum atomic E-state index is -1.13. The predicted octanol–water partition coefficient (Wildman–Crippen LogP) is 2.52. The van der Waals surface area contributed by atoms with Crippen LogP contribution < -0.4 is 16.0 Å². The second-order valence-electron chi connectivity index (χ2n) is 7.97. The third kappa shape index (κ3) is 6.56. The van der Waals surface area contributed by atoms with Gasteiger partial charge in [0.15, 0.2) is 0 Å². The third-order valence-electron chi connectivity index (χ3n) is 5.33. The highest BCUT2D eigenvalue weighted by atomic mass is 35.5. The van der Waals surface area contributed by atoms with Gasteiger partial charge in [-0.1, -0.05) is 41.9 Å². The SMILES string of the molecule is O=C(Nc1cc(Cl)ccc1-c1nn[nH]n1)C(=O)NC(Cc1ccccc1)C(=O)Nc1ccc(C(=O)O)cc1. The number of nitrogens with one attached hydrogen (secondary N) is 4. The number of aromatic amines is 1. The number of tetrazole rings is 1. The fourth-order valence-electron chi connectivity index (χ4n) is 3.48. The van der Waals surface area contributed by atoms with Gasteiger partial charge in [-0.05, 0) is 53.2 Å². The van der Waals surface area contributed by atoms with Crippen LogP contribution in [0, 0.1) is 0 Å². The number of rotatable bonds is 8. The number of H-pyrrole nitrogens is 1. The smallest absolute Gasteiger partial charge is 0.335 e. The first-order valence-corrected chi connectivity index (χ1v) is 11.5. The summed E-state index contributed by atoms with van der Waals surface area (Å²) in [6.07, 6.45) is 0.0875. The van der Waals surface area contributed by atoms with Crippen molar-refractivity contribution in [2.75, 3.05) is 10.6 Å². The van der Waals surface area contributed by atoms with Crippen LogP contribution in [0.3, 0.4) is 0 Å². The molecule has 0 bridgehead atoms. The highest BCUT2D eigenvalue weighted by Gasteiger charge is 2.26. The summed E-state index contributed by atoms with van der Waals surface area (Å²) >= 11 is 6.06. The average molecular weight is 534 g/mol. The Kier molecular flexibility index (Phi) is 8.04. The van der Waals surface area contributed by atoms with Crippen molar-refractivity contribution in [3.63, 3.8) is 0 Å². The van der Waals surface area contributed by atoms with Gasteiger partial charge in [-0.2, -0.15) is 5.21 Å². The average Bonchev–Trinajstić information content (AvgIpc) is 3.44. The van der Waals surface area contributed by atoms with Crippen LogP contribution in [-0.2, 0) is 20.8 Å². The summed E-state index contributed by atoms with van der Waals surface area (Å²) in [6.45, 7) is 0. The number of carboxylic acid groups (broad SMARTS) is 1. The first kappa shape index (κ1) is 26.0. The van der Waals surface area contributed by atoms with E-state index in [1.165, 1.54) is 30.3 Å². The Labute approximate surface area is 220 Å². The lowest BCUT2D eigenvalue weighted by Crippen LogP contribution is -2.48. The molecule has 1 atom stereocenters. The maximum Gasteiger partial charge on any atom is 0.335 e. The molecule has 38 heavy (non-hydrogen) atoms. The second-order valence-corrected chi connectivity index (χ2v) is 8.40. The number of hydrogen-bond acceptors (Lipinski definition) is 7. The van der Waals surface area contributed by atoms with Gasteiger partial charge in [0.2, 0.25) is 11.7 Å². The number of aromatic carboxylic acids is 1. The van der Waals surface area contributed by atoms with Gasteiger partial charge in [0, 0.05) is 22.7 Å². The lowest BCUT2D eigenvalue weighted by molar-refractivity contribution is -0.137. The number of anilines is 2. The van der Waals surface area contributed by atoms with Gasteiger partial charge in [0.1, 0.15) is 6.04 Å². The van der Waals surface area contributed by atoms with Crippen LogP contribution in [0.4, 0.5) is 11.4 Å². The summed E-state index contributed by atoms with van der Waals surface area (Å²) in [4.78, 5) is 49.8. The molecule has 1 heterocycles. The molecule has 0 radical (unpaired) electrons. The molecule has 3 aromatic carbocycles. The molecule has 0 saturated heterocycles. The molecular formula is C25H20ClN7O5. The van der Waals surface area contributed by atoms with Gasteiger partial charge >= 0.3 is 17.8 Å². The number of carbonyl (C=O) groups is 4. The van der Waals surface area contributed by atoms with Gasteiger partial charge in [-0.25, -0.2) is 4.79 Å². The molecule has 3 amide bonds. The molecule has 12 nitrogen and oxygen atoms in total. The van der Waals surface area contributed by atoms with Crippen molar-refractivity contribution < 1.29 is 24.3 Å². The largest absolute Gasteiger partial charge is 0.478 e. The van der Waals surface area contributed by atoms with Gasteiger partial charge in [-0.3, -0.25) is 14.4 Å². The van der Waals surface area contributed by atoms with Crippen molar-refractivity contribution in [2.24, 2.45) is 0 Å². The number of benzene rings is 3. The summed E-state index contributed by atoms with van der Waals surface area (Å²) in [7, 11) is 0. The van der Waals surface area contributed by atoms with E-state index in [9.17, 15) is 19.2 Å². The van der Waals surface area contributed by atoms with Crippen molar-refractivity contribution >= 4 is 46.7 Å². The Hall–Kier alpha value is -5.10. The summed E-state index contributed by atoms with van der Waals surface area (Å²) < 4.78 is 0. The fourth-order valence-corrected chi connectivity index (χ4v) is 3.65. The van der Waals surface area contributed by atoms with Crippen LogP contribution in [0.1, 0.15) is 15.9 Å². The van der Waals surface area contributed by atoms with Crippen molar-refractivity contribution in [1.82, 2.24) is 25.9 Å².